The second-order valence-electron chi connectivity index (χ2n) is 3.56. The molecule has 3 rings (SSSR count). The second kappa shape index (κ2) is 2.66. The molecule has 1 unspecified atom stereocenters. The van der Waals surface area contributed by atoms with Gasteiger partial charge in [0.2, 0.25) is 10.7 Å². The van der Waals surface area contributed by atoms with Crippen LogP contribution in [0.25, 0.3) is 12.2 Å². The first kappa shape index (κ1) is 8.16. The van der Waals surface area contributed by atoms with Crippen LogP contribution in [-0.4, -0.2) is 25.7 Å². The molecule has 76 valence electrons. The van der Waals surface area contributed by atoms with Gasteiger partial charge in [-0.15, -0.1) is 5.10 Å². The molecule has 0 fully saturated rings. The van der Waals surface area contributed by atoms with Gasteiger partial charge in [-0.25, -0.2) is 0 Å². The molecule has 0 amide bonds. The Balaban J connectivity index is 2.79. The molecule has 15 heavy (non-hydrogen) atoms. The predicted molar refractivity (Wildman–Crippen MR) is 49.9 cm³/mol. The fraction of sp³-hybridized carbons (Fsp3) is 0.250. The summed E-state index contributed by atoms with van der Waals surface area (Å²) in [5.74, 6) is 0.150. The second-order valence-corrected chi connectivity index (χ2v) is 3.56. The highest BCUT2D eigenvalue weighted by Gasteiger charge is 2.10. The van der Waals surface area contributed by atoms with Crippen molar-refractivity contribution < 1.29 is 4.54 Å². The molecule has 3 N–H and O–H groups in total. The Bertz CT molecular complexity index is 763. The molecule has 2 aromatic rings. The van der Waals surface area contributed by atoms with E-state index < -0.39 is 0 Å². The highest BCUT2D eigenvalue weighted by Crippen LogP contribution is 1.98. The van der Waals surface area contributed by atoms with Crippen LogP contribution in [0.5, 0.6) is 0 Å². The van der Waals surface area contributed by atoms with Gasteiger partial charge in [-0.3, -0.25) is 5.10 Å². The maximum atomic E-state index is 11.4. The van der Waals surface area contributed by atoms with Gasteiger partial charge < -0.3 is 0 Å². The van der Waals surface area contributed by atoms with Gasteiger partial charge in [0.25, 0.3) is 0 Å². The molecule has 0 spiro atoms. The summed E-state index contributed by atoms with van der Waals surface area (Å²) in [6.45, 7) is 1.99. The summed E-state index contributed by atoms with van der Waals surface area (Å²) in [6, 6.07) is 0. The first-order valence-electron chi connectivity index (χ1n) is 4.60. The highest BCUT2D eigenvalue weighted by atomic mass is 16.3. The van der Waals surface area contributed by atoms with Crippen LogP contribution in [0, 0.1) is 21.5 Å². The molecule has 0 saturated carbocycles. The number of nitrogens with zero attached hydrogens (tertiary/aromatic N) is 3. The number of hydrogen-bond acceptors (Lipinski definition) is 3. The van der Waals surface area contributed by atoms with Gasteiger partial charge in [-0.1, -0.05) is 23.4 Å². The standard InChI is InChI=1S/C8H9N6O/c1-4-2-5-7(10-12-9-5)8-6(3-4)14(15)13-11-8/h2-4,11H,1H3,(H,9,10)(H,13,15)/q+1. The van der Waals surface area contributed by atoms with E-state index >= 15 is 0 Å². The summed E-state index contributed by atoms with van der Waals surface area (Å²) < 4.78 is 0.684. The minimum absolute atomic E-state index is 0.150. The summed E-state index contributed by atoms with van der Waals surface area (Å²) in [5.41, 5.74) is 0. The van der Waals surface area contributed by atoms with Crippen molar-refractivity contribution in [1.29, 1.82) is 0 Å². The van der Waals surface area contributed by atoms with Gasteiger partial charge in [0.1, 0.15) is 0 Å². The third-order valence-electron chi connectivity index (χ3n) is 2.42. The molecule has 1 aliphatic rings. The van der Waals surface area contributed by atoms with E-state index in [2.05, 4.69) is 25.7 Å². The topological polar surface area (TPSA) is 96.1 Å². The smallest absolute Gasteiger partial charge is 0.248 e. The van der Waals surface area contributed by atoms with Crippen LogP contribution in [0.4, 0.5) is 0 Å². The Kier molecular flexibility index (Phi) is 1.44. The lowest BCUT2D eigenvalue weighted by molar-refractivity contribution is -0.577. The minimum Gasteiger partial charge on any atom is -0.258 e. The van der Waals surface area contributed by atoms with Gasteiger partial charge in [-0.2, -0.15) is 5.10 Å². The number of rotatable bonds is 0. The number of H-pyrrole nitrogens is 3. The number of nitrogens with one attached hydrogen (secondary N) is 3. The molecule has 0 aromatic carbocycles. The monoisotopic (exact) mass is 205 g/mol. The highest BCUT2D eigenvalue weighted by molar-refractivity contribution is 5.40. The van der Waals surface area contributed by atoms with Gasteiger partial charge in [0, 0.05) is 0 Å². The molecule has 7 heteroatoms. The first-order chi connectivity index (χ1) is 7.25. The molecule has 0 bridgehead atoms. The fourth-order valence-corrected chi connectivity index (χ4v) is 1.76. The largest absolute Gasteiger partial charge is 0.258 e. The fourth-order valence-electron chi connectivity index (χ4n) is 1.76. The van der Waals surface area contributed by atoms with E-state index in [0.717, 1.165) is 5.35 Å². The van der Waals surface area contributed by atoms with E-state index in [1.165, 1.54) is 0 Å². The Morgan fingerprint density at radius 2 is 2.33 bits per heavy atom. The third kappa shape index (κ3) is 1.06. The molecule has 0 saturated heterocycles. The van der Waals surface area contributed by atoms with Crippen LogP contribution in [0.15, 0.2) is 0 Å². The average molecular weight is 205 g/mol. The van der Waals surface area contributed by atoms with E-state index in [9.17, 15) is 4.91 Å². The zero-order chi connectivity index (χ0) is 10.4. The summed E-state index contributed by atoms with van der Waals surface area (Å²) in [6.07, 6.45) is 3.84. The van der Waals surface area contributed by atoms with Crippen molar-refractivity contribution >= 4 is 12.2 Å². The number of hydrogen-bond donors (Lipinski definition) is 3. The van der Waals surface area contributed by atoms with Crippen molar-refractivity contribution in [3.63, 3.8) is 0 Å². The van der Waals surface area contributed by atoms with Gasteiger partial charge in [0.15, 0.2) is 5.35 Å². The maximum absolute atomic E-state index is 11.4. The average Bonchev–Trinajstić information content (AvgIpc) is 2.73. The number of fused-ring (bicyclic) bond motifs is 2. The van der Waals surface area contributed by atoms with Crippen LogP contribution in [0.3, 0.4) is 0 Å². The summed E-state index contributed by atoms with van der Waals surface area (Å²) >= 11 is 0. The van der Waals surface area contributed by atoms with E-state index in [4.69, 9.17) is 0 Å². The van der Waals surface area contributed by atoms with Crippen molar-refractivity contribution in [2.24, 2.45) is 5.92 Å². The van der Waals surface area contributed by atoms with Crippen molar-refractivity contribution in [2.45, 2.75) is 6.92 Å². The number of aromatic amines is 3. The predicted octanol–water partition coefficient (Wildman–Crippen LogP) is -2.13. The molecule has 7 nitrogen and oxygen atoms in total. The molecule has 0 aliphatic heterocycles. The molecular weight excluding hydrogens is 196 g/mol. The van der Waals surface area contributed by atoms with Crippen LogP contribution >= 0.6 is 0 Å². The van der Waals surface area contributed by atoms with Gasteiger partial charge >= 0.3 is 0 Å². The lowest BCUT2D eigenvalue weighted by atomic mass is 10.1. The number of aromatic nitrogens is 6. The lowest BCUT2D eigenvalue weighted by Gasteiger charge is -1.90. The summed E-state index contributed by atoms with van der Waals surface area (Å²) in [5, 5.41) is 18.4. The van der Waals surface area contributed by atoms with E-state index in [1.807, 2.05) is 19.1 Å². The van der Waals surface area contributed by atoms with E-state index in [1.54, 1.807) is 0 Å². The third-order valence-corrected chi connectivity index (χ3v) is 2.42. The minimum atomic E-state index is 0.150. The zero-order valence-electron chi connectivity index (χ0n) is 7.98. The van der Waals surface area contributed by atoms with Crippen LogP contribution in [0.2, 0.25) is 0 Å². The van der Waals surface area contributed by atoms with Gasteiger partial charge in [0.05, 0.1) is 9.89 Å². The van der Waals surface area contributed by atoms with Crippen LogP contribution < -0.4 is 15.2 Å². The normalized spacial score (nSPS) is 18.3. The van der Waals surface area contributed by atoms with Crippen molar-refractivity contribution in [2.75, 3.05) is 0 Å². The Labute approximate surface area is 82.4 Å². The van der Waals surface area contributed by atoms with Crippen molar-refractivity contribution in [3.8, 4) is 0 Å². The first-order valence-corrected chi connectivity index (χ1v) is 4.60. The zero-order valence-corrected chi connectivity index (χ0v) is 7.98. The Morgan fingerprint density at radius 3 is 3.20 bits per heavy atom. The molecule has 1 aliphatic carbocycles. The quantitative estimate of drug-likeness (QED) is 0.429. The van der Waals surface area contributed by atoms with E-state index in [-0.39, 0.29) is 5.92 Å². The molecular formula is C8H9N6O+. The molecule has 2 aromatic heterocycles. The molecule has 1 atom stereocenters. The molecule has 2 heterocycles. The summed E-state index contributed by atoms with van der Waals surface area (Å²) in [7, 11) is 0. The summed E-state index contributed by atoms with van der Waals surface area (Å²) in [4.78, 5) is 11.4. The van der Waals surface area contributed by atoms with Crippen molar-refractivity contribution in [3.05, 3.63) is 26.3 Å². The van der Waals surface area contributed by atoms with Gasteiger partial charge in [-0.05, 0) is 16.9 Å². The van der Waals surface area contributed by atoms with Crippen LogP contribution in [-0.2, 0) is 0 Å². The maximum Gasteiger partial charge on any atom is 0.248 e. The van der Waals surface area contributed by atoms with Crippen LogP contribution in [0.1, 0.15) is 6.92 Å². The molecule has 0 radical (unpaired) electrons. The van der Waals surface area contributed by atoms with Crippen molar-refractivity contribution in [1.82, 2.24) is 25.7 Å². The van der Waals surface area contributed by atoms with E-state index in [0.29, 0.717) is 20.6 Å². The Hall–Kier alpha value is -2.18. The SMILES string of the molecule is CC1C=c2[nH]nnc2=c2[nH][nH][n+](=O)c2=C1. The lowest BCUT2D eigenvalue weighted by Crippen LogP contribution is -2.35. The Morgan fingerprint density at radius 1 is 1.47 bits per heavy atom.